The molecule has 1 spiro atoms. The third-order valence-electron chi connectivity index (χ3n) is 5.09. The minimum Gasteiger partial charge on any atom is -0.371 e. The highest BCUT2D eigenvalue weighted by Gasteiger charge is 2.56. The summed E-state index contributed by atoms with van der Waals surface area (Å²) in [6.07, 6.45) is 2.73. The van der Waals surface area contributed by atoms with Crippen LogP contribution in [0.3, 0.4) is 0 Å². The molecule has 1 saturated heterocycles. The van der Waals surface area contributed by atoms with Crippen LogP contribution >= 0.6 is 11.6 Å². The first-order valence-corrected chi connectivity index (χ1v) is 7.76. The molecule has 5 nitrogen and oxygen atoms in total. The molecule has 3 rings (SSSR count). The van der Waals surface area contributed by atoms with Gasteiger partial charge in [0, 0.05) is 7.05 Å². The lowest BCUT2D eigenvalue weighted by atomic mass is 9.94. The van der Waals surface area contributed by atoms with Gasteiger partial charge in [-0.15, -0.1) is 0 Å². The van der Waals surface area contributed by atoms with E-state index in [0.717, 1.165) is 25.7 Å². The maximum Gasteiger partial charge on any atom is 0.327 e. The largest absolute Gasteiger partial charge is 0.371 e. The fraction of sp³-hybridized carbons (Fsp3) is 0.500. The van der Waals surface area contributed by atoms with Crippen molar-refractivity contribution in [2.45, 2.75) is 44.4 Å². The lowest BCUT2D eigenvalue weighted by Crippen LogP contribution is -2.48. The molecule has 1 unspecified atom stereocenters. The van der Waals surface area contributed by atoms with E-state index in [1.54, 1.807) is 31.0 Å². The summed E-state index contributed by atoms with van der Waals surface area (Å²) in [5, 5.41) is 20.2. The Labute approximate surface area is 134 Å². The molecule has 1 heterocycles. The number of amides is 2. The van der Waals surface area contributed by atoms with Crippen molar-refractivity contribution >= 4 is 23.3 Å². The van der Waals surface area contributed by atoms with Crippen LogP contribution in [-0.2, 0) is 0 Å². The Bertz CT molecular complexity index is 677. The Balaban J connectivity index is 2.08. The van der Waals surface area contributed by atoms with Gasteiger partial charge < -0.3 is 10.0 Å². The van der Waals surface area contributed by atoms with Crippen molar-refractivity contribution in [2.24, 2.45) is 0 Å². The van der Waals surface area contributed by atoms with E-state index in [1.165, 1.54) is 4.90 Å². The van der Waals surface area contributed by atoms with Gasteiger partial charge in [0.15, 0.2) is 6.23 Å². The minimum absolute atomic E-state index is 0.224. The van der Waals surface area contributed by atoms with Crippen LogP contribution in [0.15, 0.2) is 12.1 Å². The van der Waals surface area contributed by atoms with Crippen LogP contribution in [-0.4, -0.2) is 34.9 Å². The predicted octanol–water partition coefficient (Wildman–Crippen LogP) is 3.02. The number of aliphatic hydroxyl groups excluding tert-OH is 1. The second-order valence-corrected chi connectivity index (χ2v) is 6.46. The molecule has 2 fully saturated rings. The van der Waals surface area contributed by atoms with Crippen molar-refractivity contribution in [1.82, 2.24) is 4.90 Å². The van der Waals surface area contributed by atoms with Gasteiger partial charge >= 0.3 is 6.03 Å². The number of benzene rings is 1. The summed E-state index contributed by atoms with van der Waals surface area (Å²) < 4.78 is 0. The highest BCUT2D eigenvalue weighted by molar-refractivity contribution is 6.33. The summed E-state index contributed by atoms with van der Waals surface area (Å²) in [7, 11) is 1.75. The predicted molar refractivity (Wildman–Crippen MR) is 83.7 cm³/mol. The van der Waals surface area contributed by atoms with Gasteiger partial charge in [-0.1, -0.05) is 24.4 Å². The number of carbonyl (C=O) groups excluding carboxylic acids is 1. The average molecular weight is 320 g/mol. The highest BCUT2D eigenvalue weighted by atomic mass is 35.5. The maximum absolute atomic E-state index is 12.7. The van der Waals surface area contributed by atoms with Crippen LogP contribution in [0.4, 0.5) is 10.5 Å². The van der Waals surface area contributed by atoms with Crippen molar-refractivity contribution in [1.29, 1.82) is 5.26 Å². The third-order valence-corrected chi connectivity index (χ3v) is 5.58. The highest BCUT2D eigenvalue weighted by Crippen LogP contribution is 2.46. The molecule has 1 N–H and O–H groups in total. The van der Waals surface area contributed by atoms with Crippen molar-refractivity contribution in [2.75, 3.05) is 11.9 Å². The van der Waals surface area contributed by atoms with E-state index in [0.29, 0.717) is 21.8 Å². The molecule has 2 aliphatic rings. The quantitative estimate of drug-likeness (QED) is 0.865. The number of halogens is 1. The van der Waals surface area contributed by atoms with E-state index in [1.807, 2.05) is 6.07 Å². The second kappa shape index (κ2) is 5.15. The van der Waals surface area contributed by atoms with Crippen molar-refractivity contribution in [3.05, 3.63) is 28.3 Å². The van der Waals surface area contributed by atoms with Crippen LogP contribution in [0.25, 0.3) is 0 Å². The lowest BCUT2D eigenvalue weighted by molar-refractivity contribution is 0.0506. The summed E-state index contributed by atoms with van der Waals surface area (Å²) in [6, 6.07) is 5.07. The van der Waals surface area contributed by atoms with E-state index in [2.05, 4.69) is 0 Å². The number of aliphatic hydroxyl groups is 1. The summed E-state index contributed by atoms with van der Waals surface area (Å²) >= 11 is 6.20. The summed E-state index contributed by atoms with van der Waals surface area (Å²) in [5.74, 6) is 0. The molecule has 1 aromatic carbocycles. The molecule has 1 atom stereocenters. The standard InChI is InChI=1S/C16H18ClN3O2/c1-10-12(6-5-11(9-18)13(10)17)20-14(21)16(7-3-4-8-16)19(2)15(20)22/h5-6,14,21H,3-4,7-8H2,1-2H3. The summed E-state index contributed by atoms with van der Waals surface area (Å²) in [5.41, 5.74) is 1.06. The maximum atomic E-state index is 12.7. The van der Waals surface area contributed by atoms with Crippen LogP contribution in [0.2, 0.25) is 5.02 Å². The van der Waals surface area contributed by atoms with Gasteiger partial charge in [0.1, 0.15) is 6.07 Å². The number of likely N-dealkylation sites (N-methyl/N-ethyl adjacent to an activating group) is 1. The monoisotopic (exact) mass is 319 g/mol. The van der Waals surface area contributed by atoms with E-state index < -0.39 is 11.8 Å². The Kier molecular flexibility index (Phi) is 3.54. The number of carbonyl (C=O) groups is 1. The van der Waals surface area contributed by atoms with Gasteiger partial charge in [-0.2, -0.15) is 5.26 Å². The molecule has 0 radical (unpaired) electrons. The first kappa shape index (κ1) is 15.1. The first-order valence-electron chi connectivity index (χ1n) is 7.38. The lowest BCUT2D eigenvalue weighted by Gasteiger charge is -2.33. The number of nitriles is 1. The number of hydrogen-bond donors (Lipinski definition) is 1. The van der Waals surface area contributed by atoms with Gasteiger partial charge in [-0.25, -0.2) is 4.79 Å². The van der Waals surface area contributed by atoms with E-state index in [9.17, 15) is 9.90 Å². The fourth-order valence-corrected chi connectivity index (χ4v) is 3.91. The first-order chi connectivity index (χ1) is 10.4. The van der Waals surface area contributed by atoms with Gasteiger partial charge in [-0.3, -0.25) is 4.90 Å². The molecule has 116 valence electrons. The number of urea groups is 1. The molecule has 2 amide bonds. The van der Waals surface area contributed by atoms with Crippen LogP contribution < -0.4 is 4.90 Å². The Hall–Kier alpha value is -1.77. The molecule has 1 aromatic rings. The molecule has 0 bridgehead atoms. The minimum atomic E-state index is -0.893. The molecule has 0 aromatic heterocycles. The molecule has 1 saturated carbocycles. The Morgan fingerprint density at radius 2 is 2.05 bits per heavy atom. The van der Waals surface area contributed by atoms with Gasteiger partial charge in [0.05, 0.1) is 21.8 Å². The Morgan fingerprint density at radius 3 is 2.64 bits per heavy atom. The third kappa shape index (κ3) is 1.84. The van der Waals surface area contributed by atoms with Crippen molar-refractivity contribution in [3.63, 3.8) is 0 Å². The molecule has 6 heteroatoms. The zero-order valence-electron chi connectivity index (χ0n) is 12.6. The van der Waals surface area contributed by atoms with Crippen LogP contribution in [0, 0.1) is 18.3 Å². The second-order valence-electron chi connectivity index (χ2n) is 6.08. The van der Waals surface area contributed by atoms with E-state index in [-0.39, 0.29) is 6.03 Å². The van der Waals surface area contributed by atoms with Gasteiger partial charge in [-0.05, 0) is 37.5 Å². The van der Waals surface area contributed by atoms with E-state index >= 15 is 0 Å². The molecule has 1 aliphatic heterocycles. The molecular weight excluding hydrogens is 302 g/mol. The summed E-state index contributed by atoms with van der Waals surface area (Å²) in [4.78, 5) is 15.8. The SMILES string of the molecule is Cc1c(N2C(=O)N(C)C3(CCCC3)C2O)ccc(C#N)c1Cl. The van der Waals surface area contributed by atoms with Crippen LogP contribution in [0.5, 0.6) is 0 Å². The number of nitrogens with zero attached hydrogens (tertiary/aromatic N) is 3. The molecule has 1 aliphatic carbocycles. The average Bonchev–Trinajstić information content (AvgIpc) is 3.06. The molecule has 22 heavy (non-hydrogen) atoms. The number of anilines is 1. The van der Waals surface area contributed by atoms with E-state index in [4.69, 9.17) is 16.9 Å². The number of rotatable bonds is 1. The summed E-state index contributed by atoms with van der Waals surface area (Å²) in [6.45, 7) is 1.76. The normalized spacial score (nSPS) is 23.4. The van der Waals surface area contributed by atoms with Crippen molar-refractivity contribution in [3.8, 4) is 6.07 Å². The zero-order chi connectivity index (χ0) is 16.1. The number of hydrogen-bond acceptors (Lipinski definition) is 3. The zero-order valence-corrected chi connectivity index (χ0v) is 13.4. The molecular formula is C16H18ClN3O2. The smallest absolute Gasteiger partial charge is 0.327 e. The van der Waals surface area contributed by atoms with Crippen molar-refractivity contribution < 1.29 is 9.90 Å². The fourth-order valence-electron chi connectivity index (χ4n) is 3.71. The topological polar surface area (TPSA) is 67.6 Å². The van der Waals surface area contributed by atoms with Gasteiger partial charge in [0.25, 0.3) is 0 Å². The van der Waals surface area contributed by atoms with Gasteiger partial charge in [0.2, 0.25) is 0 Å². The Morgan fingerprint density at radius 1 is 1.41 bits per heavy atom. The van der Waals surface area contributed by atoms with Crippen LogP contribution in [0.1, 0.15) is 36.8 Å².